The SMILES string of the molecule is CC=CCOc1cc(F)c(C(F)(F)Oc2ccc3cc(F)c(F)cc3c2)c(F)c1. The molecule has 3 aromatic rings. The molecule has 0 heterocycles. The van der Waals surface area contributed by atoms with Crippen LogP contribution in [0.3, 0.4) is 0 Å². The van der Waals surface area contributed by atoms with E-state index in [1.54, 1.807) is 19.1 Å². The average Bonchev–Trinajstić information content (AvgIpc) is 2.62. The molecule has 152 valence electrons. The molecule has 0 aliphatic heterocycles. The molecule has 0 spiro atoms. The van der Waals surface area contributed by atoms with Crippen LogP contribution >= 0.6 is 0 Å². The molecule has 0 atom stereocenters. The number of hydrogen-bond acceptors (Lipinski definition) is 2. The summed E-state index contributed by atoms with van der Waals surface area (Å²) >= 11 is 0. The van der Waals surface area contributed by atoms with Gasteiger partial charge in [0, 0.05) is 12.1 Å². The van der Waals surface area contributed by atoms with Crippen LogP contribution in [0.5, 0.6) is 11.5 Å². The quantitative estimate of drug-likeness (QED) is 0.341. The molecule has 0 saturated heterocycles. The van der Waals surface area contributed by atoms with Crippen molar-refractivity contribution in [3.63, 3.8) is 0 Å². The summed E-state index contributed by atoms with van der Waals surface area (Å²) in [4.78, 5) is 0. The fourth-order valence-corrected chi connectivity index (χ4v) is 2.63. The van der Waals surface area contributed by atoms with Gasteiger partial charge in [0.05, 0.1) is 0 Å². The van der Waals surface area contributed by atoms with Crippen molar-refractivity contribution in [1.82, 2.24) is 0 Å². The van der Waals surface area contributed by atoms with Gasteiger partial charge < -0.3 is 9.47 Å². The van der Waals surface area contributed by atoms with Crippen molar-refractivity contribution in [1.29, 1.82) is 0 Å². The van der Waals surface area contributed by atoms with E-state index >= 15 is 0 Å². The predicted octanol–water partition coefficient (Wildman–Crippen LogP) is 6.48. The minimum absolute atomic E-state index is 0.00978. The second-order valence-corrected chi connectivity index (χ2v) is 6.04. The van der Waals surface area contributed by atoms with Crippen molar-refractivity contribution in [3.05, 3.63) is 83.4 Å². The topological polar surface area (TPSA) is 18.5 Å². The first-order valence-electron chi connectivity index (χ1n) is 8.40. The second kappa shape index (κ2) is 8.06. The number of ether oxygens (including phenoxy) is 2. The average molecular weight is 412 g/mol. The third-order valence-corrected chi connectivity index (χ3v) is 3.99. The number of allylic oxidation sites excluding steroid dienone is 1. The lowest BCUT2D eigenvalue weighted by Crippen LogP contribution is -2.25. The van der Waals surface area contributed by atoms with Crippen LogP contribution in [0, 0.1) is 23.3 Å². The van der Waals surface area contributed by atoms with Crippen LogP contribution < -0.4 is 9.47 Å². The molecular weight excluding hydrogens is 398 g/mol. The Kier molecular flexibility index (Phi) is 5.72. The highest BCUT2D eigenvalue weighted by Gasteiger charge is 2.41. The summed E-state index contributed by atoms with van der Waals surface area (Å²) in [6.45, 7) is 1.72. The van der Waals surface area contributed by atoms with Crippen molar-refractivity contribution in [3.8, 4) is 11.5 Å². The van der Waals surface area contributed by atoms with Gasteiger partial charge in [0.25, 0.3) is 0 Å². The highest BCUT2D eigenvalue weighted by Crippen LogP contribution is 2.37. The van der Waals surface area contributed by atoms with Gasteiger partial charge in [-0.2, -0.15) is 8.78 Å². The number of alkyl halides is 2. The Labute approximate surface area is 162 Å². The van der Waals surface area contributed by atoms with E-state index in [1.165, 1.54) is 6.07 Å². The molecule has 2 nitrogen and oxygen atoms in total. The van der Waals surface area contributed by atoms with E-state index in [0.717, 1.165) is 24.3 Å². The first-order valence-corrected chi connectivity index (χ1v) is 8.40. The lowest BCUT2D eigenvalue weighted by molar-refractivity contribution is -0.189. The van der Waals surface area contributed by atoms with Crippen LogP contribution in [-0.4, -0.2) is 6.61 Å². The summed E-state index contributed by atoms with van der Waals surface area (Å²) < 4.78 is 93.4. The largest absolute Gasteiger partial charge is 0.489 e. The first-order chi connectivity index (χ1) is 13.7. The molecule has 0 N–H and O–H groups in total. The zero-order valence-electron chi connectivity index (χ0n) is 15.0. The molecule has 0 aromatic heterocycles. The highest BCUT2D eigenvalue weighted by molar-refractivity contribution is 5.84. The van der Waals surface area contributed by atoms with E-state index in [0.29, 0.717) is 12.1 Å². The molecule has 0 saturated carbocycles. The molecule has 8 heteroatoms. The Morgan fingerprint density at radius 2 is 1.41 bits per heavy atom. The maximum absolute atomic E-state index is 14.5. The standard InChI is InChI=1S/C21H14F6O2/c1-2-3-6-28-15-10-18(24)20(19(25)11-15)21(26,27)29-14-5-4-12-8-16(22)17(23)9-13(12)7-14/h2-5,7-11H,6H2,1H3. The molecule has 0 aliphatic rings. The van der Waals surface area contributed by atoms with Gasteiger partial charge in [-0.1, -0.05) is 18.2 Å². The minimum atomic E-state index is -4.37. The van der Waals surface area contributed by atoms with Crippen molar-refractivity contribution in [2.45, 2.75) is 13.0 Å². The smallest absolute Gasteiger partial charge is 0.432 e. The van der Waals surface area contributed by atoms with E-state index in [4.69, 9.17) is 4.74 Å². The zero-order chi connectivity index (χ0) is 21.2. The lowest BCUT2D eigenvalue weighted by atomic mass is 10.1. The maximum atomic E-state index is 14.5. The number of halogens is 6. The molecule has 3 aromatic carbocycles. The Morgan fingerprint density at radius 3 is 2.03 bits per heavy atom. The first kappa shape index (κ1) is 20.6. The summed E-state index contributed by atoms with van der Waals surface area (Å²) in [5.41, 5.74) is -1.60. The molecule has 29 heavy (non-hydrogen) atoms. The van der Waals surface area contributed by atoms with Gasteiger partial charge in [-0.15, -0.1) is 0 Å². The van der Waals surface area contributed by atoms with Crippen molar-refractivity contribution in [2.75, 3.05) is 6.61 Å². The van der Waals surface area contributed by atoms with E-state index in [1.807, 2.05) is 0 Å². The van der Waals surface area contributed by atoms with Crippen LogP contribution in [0.2, 0.25) is 0 Å². The number of rotatable bonds is 6. The summed E-state index contributed by atoms with van der Waals surface area (Å²) in [5, 5.41) is 0.311. The number of hydrogen-bond donors (Lipinski definition) is 0. The molecule has 0 radical (unpaired) electrons. The molecule has 3 rings (SSSR count). The third-order valence-electron chi connectivity index (χ3n) is 3.99. The summed E-state index contributed by atoms with van der Waals surface area (Å²) in [6, 6.07) is 6.21. The van der Waals surface area contributed by atoms with E-state index in [-0.39, 0.29) is 23.1 Å². The molecule has 0 unspecified atom stereocenters. The molecule has 0 aliphatic carbocycles. The zero-order valence-corrected chi connectivity index (χ0v) is 15.0. The molecule has 0 bridgehead atoms. The Morgan fingerprint density at radius 1 is 0.793 bits per heavy atom. The Balaban J connectivity index is 1.90. The normalized spacial score (nSPS) is 12.0. The second-order valence-electron chi connectivity index (χ2n) is 6.04. The minimum Gasteiger partial charge on any atom is -0.489 e. The van der Waals surface area contributed by atoms with E-state index in [2.05, 4.69) is 4.74 Å². The lowest BCUT2D eigenvalue weighted by Gasteiger charge is -2.20. The third kappa shape index (κ3) is 4.47. The highest BCUT2D eigenvalue weighted by atomic mass is 19.3. The molecule has 0 amide bonds. The fraction of sp³-hybridized carbons (Fsp3) is 0.143. The van der Waals surface area contributed by atoms with Gasteiger partial charge in [0.2, 0.25) is 0 Å². The van der Waals surface area contributed by atoms with Crippen molar-refractivity contribution < 1.29 is 35.8 Å². The van der Waals surface area contributed by atoms with Crippen molar-refractivity contribution >= 4 is 10.8 Å². The van der Waals surface area contributed by atoms with Gasteiger partial charge >= 0.3 is 6.11 Å². The number of fused-ring (bicyclic) bond motifs is 1. The summed E-state index contributed by atoms with van der Waals surface area (Å²) in [5.74, 6) is -6.13. The van der Waals surface area contributed by atoms with Crippen LogP contribution in [0.1, 0.15) is 12.5 Å². The van der Waals surface area contributed by atoms with E-state index < -0.39 is 40.7 Å². The van der Waals surface area contributed by atoms with Gasteiger partial charge in [0.15, 0.2) is 11.6 Å². The van der Waals surface area contributed by atoms with Gasteiger partial charge in [-0.25, -0.2) is 17.6 Å². The van der Waals surface area contributed by atoms with Gasteiger partial charge in [-0.05, 0) is 42.0 Å². The molecule has 0 fully saturated rings. The van der Waals surface area contributed by atoms with Crippen LogP contribution in [0.4, 0.5) is 26.3 Å². The van der Waals surface area contributed by atoms with Gasteiger partial charge in [0.1, 0.15) is 35.3 Å². The maximum Gasteiger partial charge on any atom is 0.432 e. The van der Waals surface area contributed by atoms with Gasteiger partial charge in [-0.3, -0.25) is 0 Å². The Bertz CT molecular complexity index is 1060. The van der Waals surface area contributed by atoms with E-state index in [9.17, 15) is 26.3 Å². The van der Waals surface area contributed by atoms with Crippen LogP contribution in [-0.2, 0) is 6.11 Å². The molecular formula is C21H14F6O2. The summed E-state index contributed by atoms with van der Waals surface area (Å²) in [6.07, 6.45) is -1.16. The fourth-order valence-electron chi connectivity index (χ4n) is 2.63. The Hall–Kier alpha value is -3.16. The number of benzene rings is 3. The summed E-state index contributed by atoms with van der Waals surface area (Å²) in [7, 11) is 0. The van der Waals surface area contributed by atoms with Crippen molar-refractivity contribution in [2.24, 2.45) is 0 Å². The van der Waals surface area contributed by atoms with Crippen LogP contribution in [0.15, 0.2) is 54.6 Å². The monoisotopic (exact) mass is 412 g/mol. The van der Waals surface area contributed by atoms with Crippen LogP contribution in [0.25, 0.3) is 10.8 Å². The predicted molar refractivity (Wildman–Crippen MR) is 95.1 cm³/mol.